The van der Waals surface area contributed by atoms with E-state index in [1.54, 1.807) is 0 Å². The van der Waals surface area contributed by atoms with Crippen LogP contribution >= 0.6 is 0 Å². The minimum atomic E-state index is -0.271. The Bertz CT molecular complexity index is 70.7. The smallest absolute Gasteiger partial charge is 0.0919 e. The van der Waals surface area contributed by atoms with Crippen molar-refractivity contribution in [2.24, 2.45) is 0 Å². The number of hydrogen-bond acceptors (Lipinski definition) is 2. The van der Waals surface area contributed by atoms with Gasteiger partial charge in [0.25, 0.3) is 0 Å². The van der Waals surface area contributed by atoms with Crippen LogP contribution in [0.2, 0.25) is 0 Å². The zero-order chi connectivity index (χ0) is 6.53. The highest BCUT2D eigenvalue weighted by Crippen LogP contribution is 2.00. The van der Waals surface area contributed by atoms with Crippen LogP contribution in [0.3, 0.4) is 0 Å². The highest BCUT2D eigenvalue weighted by atomic mass is 19.1. The van der Waals surface area contributed by atoms with Gasteiger partial charge in [0, 0.05) is 19.5 Å². The van der Waals surface area contributed by atoms with Crippen LogP contribution in [0.1, 0.15) is 6.42 Å². The van der Waals surface area contributed by atoms with E-state index in [0.29, 0.717) is 6.42 Å². The molecule has 54 valence electrons. The van der Waals surface area contributed by atoms with Crippen molar-refractivity contribution in [2.75, 3.05) is 26.4 Å². The molecule has 1 rings (SSSR count). The molecule has 0 radical (unpaired) electrons. The average molecular weight is 133 g/mol. The Morgan fingerprint density at radius 1 is 1.67 bits per heavy atom. The van der Waals surface area contributed by atoms with Gasteiger partial charge in [0.1, 0.15) is 0 Å². The third kappa shape index (κ3) is 2.28. The molecule has 9 heavy (non-hydrogen) atoms. The minimum Gasteiger partial charge on any atom is -0.375 e. The Kier molecular flexibility index (Phi) is 2.94. The summed E-state index contributed by atoms with van der Waals surface area (Å²) in [6.07, 6.45) is 0.649. The summed E-state index contributed by atoms with van der Waals surface area (Å²) in [6, 6.07) is 0. The van der Waals surface area contributed by atoms with Crippen LogP contribution < -0.4 is 5.32 Å². The molecule has 2 nitrogen and oxygen atoms in total. The monoisotopic (exact) mass is 133 g/mol. The molecular formula is C6H12FNO. The van der Waals surface area contributed by atoms with E-state index in [1.807, 2.05) is 0 Å². The number of alkyl halides is 1. The standard InChI is InChI=1S/C6H12FNO/c7-2-1-6-5-8-3-4-9-6/h6,8H,1-5H2/t6-/m1/s1. The van der Waals surface area contributed by atoms with E-state index < -0.39 is 0 Å². The molecule has 0 aromatic carbocycles. The van der Waals surface area contributed by atoms with E-state index in [1.165, 1.54) is 0 Å². The van der Waals surface area contributed by atoms with Gasteiger partial charge in [-0.1, -0.05) is 0 Å². The maximum absolute atomic E-state index is 11.7. The topological polar surface area (TPSA) is 21.3 Å². The molecular weight excluding hydrogens is 121 g/mol. The fourth-order valence-corrected chi connectivity index (χ4v) is 0.927. The zero-order valence-corrected chi connectivity index (χ0v) is 5.40. The van der Waals surface area contributed by atoms with E-state index in [0.717, 1.165) is 19.7 Å². The summed E-state index contributed by atoms with van der Waals surface area (Å²) < 4.78 is 16.9. The third-order valence-electron chi connectivity index (χ3n) is 1.44. The molecule has 1 N–H and O–H groups in total. The van der Waals surface area contributed by atoms with Crippen molar-refractivity contribution < 1.29 is 9.13 Å². The summed E-state index contributed by atoms with van der Waals surface area (Å²) in [5.41, 5.74) is 0. The van der Waals surface area contributed by atoms with Crippen LogP contribution in [0.5, 0.6) is 0 Å². The molecule has 0 aromatic heterocycles. The van der Waals surface area contributed by atoms with Gasteiger partial charge in [-0.25, -0.2) is 0 Å². The van der Waals surface area contributed by atoms with Gasteiger partial charge in [0.2, 0.25) is 0 Å². The first-order valence-corrected chi connectivity index (χ1v) is 3.32. The van der Waals surface area contributed by atoms with Gasteiger partial charge in [-0.15, -0.1) is 0 Å². The van der Waals surface area contributed by atoms with Crippen molar-refractivity contribution in [3.8, 4) is 0 Å². The zero-order valence-electron chi connectivity index (χ0n) is 5.40. The molecule has 0 unspecified atom stereocenters. The highest BCUT2D eigenvalue weighted by molar-refractivity contribution is 4.65. The molecule has 1 saturated heterocycles. The predicted molar refractivity (Wildman–Crippen MR) is 33.2 cm³/mol. The van der Waals surface area contributed by atoms with Gasteiger partial charge in [-0.3, -0.25) is 4.39 Å². The summed E-state index contributed by atoms with van der Waals surface area (Å²) in [7, 11) is 0. The lowest BCUT2D eigenvalue weighted by molar-refractivity contribution is 0.0199. The Morgan fingerprint density at radius 2 is 2.56 bits per heavy atom. The fourth-order valence-electron chi connectivity index (χ4n) is 0.927. The second-order valence-corrected chi connectivity index (χ2v) is 2.17. The van der Waals surface area contributed by atoms with Crippen LogP contribution in [0.25, 0.3) is 0 Å². The van der Waals surface area contributed by atoms with E-state index in [2.05, 4.69) is 5.32 Å². The number of ether oxygens (including phenoxy) is 1. The molecule has 0 saturated carbocycles. The minimum absolute atomic E-state index is 0.115. The molecule has 0 aromatic rings. The first-order valence-electron chi connectivity index (χ1n) is 3.32. The normalized spacial score (nSPS) is 28.3. The van der Waals surface area contributed by atoms with Gasteiger partial charge in [-0.05, 0) is 0 Å². The maximum Gasteiger partial charge on any atom is 0.0919 e. The van der Waals surface area contributed by atoms with E-state index in [4.69, 9.17) is 4.74 Å². The maximum atomic E-state index is 11.7. The molecule has 0 bridgehead atoms. The number of nitrogens with one attached hydrogen (secondary N) is 1. The molecule has 0 spiro atoms. The second kappa shape index (κ2) is 3.80. The molecule has 1 fully saturated rings. The fraction of sp³-hybridized carbons (Fsp3) is 1.00. The van der Waals surface area contributed by atoms with Crippen LogP contribution in [-0.4, -0.2) is 32.5 Å². The summed E-state index contributed by atoms with van der Waals surface area (Å²) >= 11 is 0. The first-order chi connectivity index (χ1) is 4.43. The van der Waals surface area contributed by atoms with E-state index in [9.17, 15) is 4.39 Å². The highest BCUT2D eigenvalue weighted by Gasteiger charge is 2.11. The molecule has 3 heteroatoms. The van der Waals surface area contributed by atoms with E-state index >= 15 is 0 Å². The van der Waals surface area contributed by atoms with Gasteiger partial charge >= 0.3 is 0 Å². The summed E-state index contributed by atoms with van der Waals surface area (Å²) in [4.78, 5) is 0. The van der Waals surface area contributed by atoms with Crippen LogP contribution in [0.15, 0.2) is 0 Å². The lowest BCUT2D eigenvalue weighted by Crippen LogP contribution is -2.38. The number of rotatable bonds is 2. The lowest BCUT2D eigenvalue weighted by Gasteiger charge is -2.22. The molecule has 1 atom stereocenters. The number of hydrogen-bond donors (Lipinski definition) is 1. The third-order valence-corrected chi connectivity index (χ3v) is 1.44. The second-order valence-electron chi connectivity index (χ2n) is 2.17. The Morgan fingerprint density at radius 3 is 3.11 bits per heavy atom. The van der Waals surface area contributed by atoms with Gasteiger partial charge in [-0.2, -0.15) is 0 Å². The Balaban J connectivity index is 2.08. The molecule has 1 aliphatic heterocycles. The lowest BCUT2D eigenvalue weighted by atomic mass is 10.2. The van der Waals surface area contributed by atoms with Crippen LogP contribution in [0.4, 0.5) is 4.39 Å². The predicted octanol–water partition coefficient (Wildman–Crippen LogP) is 0.334. The van der Waals surface area contributed by atoms with Gasteiger partial charge < -0.3 is 10.1 Å². The number of morpholine rings is 1. The van der Waals surface area contributed by atoms with Crippen molar-refractivity contribution in [2.45, 2.75) is 12.5 Å². The van der Waals surface area contributed by atoms with Crippen molar-refractivity contribution in [1.29, 1.82) is 0 Å². The molecule has 0 aliphatic carbocycles. The largest absolute Gasteiger partial charge is 0.375 e. The van der Waals surface area contributed by atoms with E-state index in [-0.39, 0.29) is 12.8 Å². The van der Waals surface area contributed by atoms with Crippen LogP contribution in [-0.2, 0) is 4.74 Å². The van der Waals surface area contributed by atoms with Crippen LogP contribution in [0, 0.1) is 0 Å². The summed E-state index contributed by atoms with van der Waals surface area (Å²) in [5.74, 6) is 0. The van der Waals surface area contributed by atoms with Crippen molar-refractivity contribution in [3.63, 3.8) is 0 Å². The summed E-state index contributed by atoms with van der Waals surface area (Å²) in [5, 5.41) is 3.13. The summed E-state index contributed by atoms with van der Waals surface area (Å²) in [6.45, 7) is 2.17. The Hall–Kier alpha value is -0.150. The van der Waals surface area contributed by atoms with Gasteiger partial charge in [0.15, 0.2) is 0 Å². The van der Waals surface area contributed by atoms with Crippen molar-refractivity contribution in [3.05, 3.63) is 0 Å². The molecule has 1 heterocycles. The molecule has 0 amide bonds. The SMILES string of the molecule is FCC[C@@H]1CNCCO1. The number of halogens is 1. The van der Waals surface area contributed by atoms with Crippen molar-refractivity contribution >= 4 is 0 Å². The molecule has 1 aliphatic rings. The quantitative estimate of drug-likeness (QED) is 0.586. The van der Waals surface area contributed by atoms with Crippen molar-refractivity contribution in [1.82, 2.24) is 5.32 Å². The average Bonchev–Trinajstić information content (AvgIpc) is 1.91. The Labute approximate surface area is 54.4 Å². The first kappa shape index (κ1) is 6.96. The van der Waals surface area contributed by atoms with Gasteiger partial charge in [0.05, 0.1) is 19.4 Å².